The Balaban J connectivity index is 2.40. The number of halogens is 1. The average molecular weight is 274 g/mol. The third kappa shape index (κ3) is 2.58. The normalized spacial score (nSPS) is 18.2. The van der Waals surface area contributed by atoms with Crippen LogP contribution in [-0.4, -0.2) is 13.7 Å². The molecule has 1 aliphatic carbocycles. The molecule has 0 radical (unpaired) electrons. The molecule has 0 bridgehead atoms. The van der Waals surface area contributed by atoms with Crippen molar-refractivity contribution in [1.29, 1.82) is 0 Å². The summed E-state index contributed by atoms with van der Waals surface area (Å²) < 4.78 is 24.8. The number of nitrogens with two attached hydrogens (primary N) is 1. The van der Waals surface area contributed by atoms with E-state index in [0.29, 0.717) is 5.69 Å². The Kier molecular flexibility index (Phi) is 3.64. The van der Waals surface area contributed by atoms with Gasteiger partial charge in [-0.05, 0) is 31.0 Å². The Bertz CT molecular complexity index is 507. The van der Waals surface area contributed by atoms with Crippen LogP contribution >= 0.6 is 11.6 Å². The van der Waals surface area contributed by atoms with Gasteiger partial charge in [0, 0.05) is 5.69 Å². The van der Waals surface area contributed by atoms with Crippen LogP contribution < -0.4 is 5.73 Å². The summed E-state index contributed by atoms with van der Waals surface area (Å²) in [6.45, 7) is 0. The quantitative estimate of drug-likeness (QED) is 0.843. The zero-order valence-corrected chi connectivity index (χ0v) is 11.1. The molecule has 2 rings (SSSR count). The molecule has 0 spiro atoms. The van der Waals surface area contributed by atoms with Crippen LogP contribution in [0.1, 0.15) is 32.1 Å². The van der Waals surface area contributed by atoms with Gasteiger partial charge in [0.15, 0.2) is 9.84 Å². The van der Waals surface area contributed by atoms with Crippen LogP contribution in [0.3, 0.4) is 0 Å². The molecular formula is C12H16ClNO2S. The third-order valence-corrected chi connectivity index (χ3v) is 5.99. The Hall–Kier alpha value is -0.740. The van der Waals surface area contributed by atoms with Gasteiger partial charge in [-0.1, -0.05) is 30.9 Å². The Labute approximate surface area is 107 Å². The van der Waals surface area contributed by atoms with Crippen molar-refractivity contribution in [3.63, 3.8) is 0 Å². The molecule has 0 aromatic heterocycles. The first-order chi connectivity index (χ1) is 8.01. The number of hydrogen-bond acceptors (Lipinski definition) is 3. The maximum Gasteiger partial charge on any atom is 0.182 e. The van der Waals surface area contributed by atoms with E-state index in [2.05, 4.69) is 0 Å². The Morgan fingerprint density at radius 1 is 1.18 bits per heavy atom. The zero-order valence-electron chi connectivity index (χ0n) is 9.52. The molecule has 0 aliphatic heterocycles. The summed E-state index contributed by atoms with van der Waals surface area (Å²) in [5, 5.41) is -0.0275. The van der Waals surface area contributed by atoms with E-state index in [9.17, 15) is 8.42 Å². The van der Waals surface area contributed by atoms with E-state index in [-0.39, 0.29) is 15.2 Å². The first-order valence-corrected chi connectivity index (χ1v) is 7.73. The van der Waals surface area contributed by atoms with Gasteiger partial charge in [-0.3, -0.25) is 0 Å². The molecule has 1 fully saturated rings. The fraction of sp³-hybridized carbons (Fsp3) is 0.500. The molecule has 1 saturated carbocycles. The Morgan fingerprint density at radius 2 is 1.82 bits per heavy atom. The molecule has 17 heavy (non-hydrogen) atoms. The second-order valence-corrected chi connectivity index (χ2v) is 7.10. The predicted octanol–water partition coefficient (Wildman–Crippen LogP) is 3.03. The fourth-order valence-corrected chi connectivity index (χ4v) is 4.69. The summed E-state index contributed by atoms with van der Waals surface area (Å²) in [6.07, 6.45) is 4.53. The number of hydrogen-bond donors (Lipinski definition) is 1. The highest BCUT2D eigenvalue weighted by Gasteiger charge is 2.30. The van der Waals surface area contributed by atoms with E-state index < -0.39 is 9.84 Å². The van der Waals surface area contributed by atoms with Gasteiger partial charge in [0.1, 0.15) is 0 Å². The molecule has 0 saturated heterocycles. The van der Waals surface area contributed by atoms with Gasteiger partial charge in [-0.2, -0.15) is 0 Å². The molecule has 0 unspecified atom stereocenters. The lowest BCUT2D eigenvalue weighted by Gasteiger charge is -2.22. The minimum Gasteiger partial charge on any atom is -0.399 e. The second kappa shape index (κ2) is 4.86. The highest BCUT2D eigenvalue weighted by atomic mass is 35.5. The van der Waals surface area contributed by atoms with E-state index in [0.717, 1.165) is 32.1 Å². The predicted molar refractivity (Wildman–Crippen MR) is 69.9 cm³/mol. The summed E-state index contributed by atoms with van der Waals surface area (Å²) in [4.78, 5) is 0.186. The second-order valence-electron chi connectivity index (χ2n) is 4.49. The number of sulfone groups is 1. The summed E-state index contributed by atoms with van der Waals surface area (Å²) in [5.41, 5.74) is 6.06. The van der Waals surface area contributed by atoms with Crippen molar-refractivity contribution in [2.45, 2.75) is 42.2 Å². The first-order valence-electron chi connectivity index (χ1n) is 5.81. The SMILES string of the molecule is Nc1ccc(Cl)c(S(=O)(=O)C2CCCCC2)c1. The number of nitrogen functional groups attached to an aromatic ring is 1. The molecule has 0 atom stereocenters. The van der Waals surface area contributed by atoms with Gasteiger partial charge in [0.25, 0.3) is 0 Å². The molecule has 0 heterocycles. The van der Waals surface area contributed by atoms with Crippen molar-refractivity contribution in [2.75, 3.05) is 5.73 Å². The number of benzene rings is 1. The molecule has 1 aliphatic rings. The van der Waals surface area contributed by atoms with Crippen LogP contribution in [0.4, 0.5) is 5.69 Å². The maximum absolute atomic E-state index is 12.4. The highest BCUT2D eigenvalue weighted by molar-refractivity contribution is 7.92. The zero-order chi connectivity index (χ0) is 12.5. The molecule has 5 heteroatoms. The Morgan fingerprint density at radius 3 is 2.47 bits per heavy atom. The van der Waals surface area contributed by atoms with Crippen molar-refractivity contribution < 1.29 is 8.42 Å². The average Bonchev–Trinajstić information content (AvgIpc) is 2.33. The molecule has 1 aromatic carbocycles. The van der Waals surface area contributed by atoms with Gasteiger partial charge in [-0.25, -0.2) is 8.42 Å². The lowest BCUT2D eigenvalue weighted by molar-refractivity contribution is 0.483. The number of anilines is 1. The van der Waals surface area contributed by atoms with Crippen molar-refractivity contribution in [3.05, 3.63) is 23.2 Å². The van der Waals surface area contributed by atoms with E-state index >= 15 is 0 Å². The van der Waals surface area contributed by atoms with Gasteiger partial charge < -0.3 is 5.73 Å². The summed E-state index contributed by atoms with van der Waals surface area (Å²) in [5.74, 6) is 0. The van der Waals surface area contributed by atoms with Crippen LogP contribution in [0.15, 0.2) is 23.1 Å². The van der Waals surface area contributed by atoms with Gasteiger partial charge in [0.05, 0.1) is 15.2 Å². The van der Waals surface area contributed by atoms with Crippen LogP contribution in [0.5, 0.6) is 0 Å². The lowest BCUT2D eigenvalue weighted by Crippen LogP contribution is -2.24. The third-order valence-electron chi connectivity index (χ3n) is 3.25. The molecule has 2 N–H and O–H groups in total. The monoisotopic (exact) mass is 273 g/mol. The first kappa shape index (κ1) is 12.7. The van der Waals surface area contributed by atoms with Gasteiger partial charge in [0.2, 0.25) is 0 Å². The van der Waals surface area contributed by atoms with Crippen LogP contribution in [-0.2, 0) is 9.84 Å². The van der Waals surface area contributed by atoms with E-state index in [4.69, 9.17) is 17.3 Å². The molecule has 0 amide bonds. The van der Waals surface area contributed by atoms with Crippen molar-refractivity contribution in [2.24, 2.45) is 0 Å². The number of rotatable bonds is 2. The molecular weight excluding hydrogens is 258 g/mol. The van der Waals surface area contributed by atoms with E-state index in [1.807, 2.05) is 0 Å². The van der Waals surface area contributed by atoms with Crippen LogP contribution in [0.2, 0.25) is 5.02 Å². The largest absolute Gasteiger partial charge is 0.399 e. The van der Waals surface area contributed by atoms with Crippen molar-refractivity contribution in [1.82, 2.24) is 0 Å². The van der Waals surface area contributed by atoms with Crippen molar-refractivity contribution >= 4 is 27.1 Å². The smallest absolute Gasteiger partial charge is 0.182 e. The maximum atomic E-state index is 12.4. The minimum absolute atomic E-state index is 0.186. The van der Waals surface area contributed by atoms with E-state index in [1.54, 1.807) is 12.1 Å². The standard InChI is InChI=1S/C12H16ClNO2S/c13-11-7-6-9(14)8-12(11)17(15,16)10-4-2-1-3-5-10/h6-8,10H,1-5,14H2. The summed E-state index contributed by atoms with van der Waals surface area (Å²) in [6, 6.07) is 4.63. The van der Waals surface area contributed by atoms with E-state index in [1.165, 1.54) is 6.07 Å². The summed E-state index contributed by atoms with van der Waals surface area (Å²) >= 11 is 5.97. The lowest BCUT2D eigenvalue weighted by atomic mass is 10.0. The van der Waals surface area contributed by atoms with Gasteiger partial charge in [-0.15, -0.1) is 0 Å². The minimum atomic E-state index is -3.33. The topological polar surface area (TPSA) is 60.2 Å². The highest BCUT2D eigenvalue weighted by Crippen LogP contribution is 2.32. The van der Waals surface area contributed by atoms with Crippen LogP contribution in [0.25, 0.3) is 0 Å². The molecule has 1 aromatic rings. The van der Waals surface area contributed by atoms with Crippen LogP contribution in [0, 0.1) is 0 Å². The molecule has 94 valence electrons. The fourth-order valence-electron chi connectivity index (χ4n) is 2.29. The summed E-state index contributed by atoms with van der Waals surface area (Å²) in [7, 11) is -3.33. The van der Waals surface area contributed by atoms with Gasteiger partial charge >= 0.3 is 0 Å². The molecule has 3 nitrogen and oxygen atoms in total. The van der Waals surface area contributed by atoms with Crippen molar-refractivity contribution in [3.8, 4) is 0 Å².